The number of aliphatic carboxylic acids is 1. The highest BCUT2D eigenvalue weighted by molar-refractivity contribution is 5.70. The fourth-order valence-electron chi connectivity index (χ4n) is 2.87. The van der Waals surface area contributed by atoms with Gasteiger partial charge in [-0.2, -0.15) is 13.2 Å². The van der Waals surface area contributed by atoms with Crippen molar-refractivity contribution in [1.82, 2.24) is 0 Å². The van der Waals surface area contributed by atoms with E-state index in [2.05, 4.69) is 5.32 Å². The molecule has 7 heteroatoms. The smallest absolute Gasteiger partial charge is 0.416 e. The van der Waals surface area contributed by atoms with Crippen molar-refractivity contribution in [3.05, 3.63) is 95.6 Å². The van der Waals surface area contributed by atoms with Gasteiger partial charge in [-0.05, 0) is 47.5 Å². The Morgan fingerprint density at radius 2 is 1.74 bits per heavy atom. The van der Waals surface area contributed by atoms with Crippen molar-refractivity contribution >= 4 is 17.7 Å². The predicted molar refractivity (Wildman–Crippen MR) is 113 cm³/mol. The van der Waals surface area contributed by atoms with E-state index in [1.165, 1.54) is 12.1 Å². The second kappa shape index (κ2) is 9.84. The molecular formula is C24H20F3NO3. The van der Waals surface area contributed by atoms with Gasteiger partial charge in [-0.3, -0.25) is 4.79 Å². The minimum absolute atomic E-state index is 0.0914. The van der Waals surface area contributed by atoms with E-state index in [1.807, 2.05) is 18.2 Å². The van der Waals surface area contributed by atoms with E-state index >= 15 is 0 Å². The third-order valence-electron chi connectivity index (χ3n) is 4.33. The third-order valence-corrected chi connectivity index (χ3v) is 4.33. The maximum absolute atomic E-state index is 12.6. The summed E-state index contributed by atoms with van der Waals surface area (Å²) in [6.45, 7) is 0.431. The summed E-state index contributed by atoms with van der Waals surface area (Å²) in [4.78, 5) is 10.9. The fourth-order valence-corrected chi connectivity index (χ4v) is 2.87. The Labute approximate surface area is 177 Å². The maximum atomic E-state index is 12.6. The number of hydrogen-bond acceptors (Lipinski definition) is 3. The molecule has 0 aliphatic rings. The highest BCUT2D eigenvalue weighted by Crippen LogP contribution is 2.30. The molecule has 0 spiro atoms. The van der Waals surface area contributed by atoms with Crippen LogP contribution in [0.3, 0.4) is 0 Å². The highest BCUT2D eigenvalue weighted by Gasteiger charge is 2.29. The average Bonchev–Trinajstić information content (AvgIpc) is 2.72. The summed E-state index contributed by atoms with van der Waals surface area (Å²) < 4.78 is 43.8. The summed E-state index contributed by atoms with van der Waals surface area (Å²) in [5.74, 6) is 0.172. The van der Waals surface area contributed by atoms with Gasteiger partial charge in [0.2, 0.25) is 0 Å². The molecule has 160 valence electrons. The summed E-state index contributed by atoms with van der Waals surface area (Å²) in [5, 5.41) is 12.1. The van der Waals surface area contributed by atoms with Crippen LogP contribution < -0.4 is 10.1 Å². The fraction of sp³-hybridized carbons (Fsp3) is 0.125. The van der Waals surface area contributed by atoms with E-state index in [4.69, 9.17) is 9.84 Å². The number of alkyl halides is 3. The van der Waals surface area contributed by atoms with E-state index < -0.39 is 17.7 Å². The Morgan fingerprint density at radius 1 is 1.00 bits per heavy atom. The standard InChI is InChI=1S/C24H20F3NO3/c25-24(26,27)19-12-10-17(11-13-19)6-4-14-28-21-8-1-2-9-22(21)31-20-7-3-5-18(15-20)16-23(29)30/h1-13,15,28H,14,16H2,(H,29,30). The van der Waals surface area contributed by atoms with Crippen LogP contribution in [0.2, 0.25) is 0 Å². The second-order valence-corrected chi connectivity index (χ2v) is 6.72. The van der Waals surface area contributed by atoms with E-state index in [9.17, 15) is 18.0 Å². The van der Waals surface area contributed by atoms with Crippen molar-refractivity contribution in [1.29, 1.82) is 0 Å². The van der Waals surface area contributed by atoms with E-state index in [-0.39, 0.29) is 6.42 Å². The Balaban J connectivity index is 1.62. The minimum Gasteiger partial charge on any atom is -0.481 e. The van der Waals surface area contributed by atoms with Gasteiger partial charge in [0, 0.05) is 6.54 Å². The minimum atomic E-state index is -4.35. The topological polar surface area (TPSA) is 58.6 Å². The normalized spacial score (nSPS) is 11.5. The number of nitrogens with one attached hydrogen (secondary N) is 1. The van der Waals surface area contributed by atoms with E-state index in [1.54, 1.807) is 42.5 Å². The van der Waals surface area contributed by atoms with Gasteiger partial charge in [-0.15, -0.1) is 0 Å². The molecule has 3 aromatic carbocycles. The number of rotatable bonds is 8. The van der Waals surface area contributed by atoms with Crippen molar-refractivity contribution < 1.29 is 27.8 Å². The molecule has 0 aliphatic heterocycles. The number of hydrogen-bond donors (Lipinski definition) is 2. The molecule has 0 saturated heterocycles. The molecule has 0 bridgehead atoms. The van der Waals surface area contributed by atoms with Gasteiger partial charge >= 0.3 is 12.1 Å². The van der Waals surface area contributed by atoms with Crippen LogP contribution in [0, 0.1) is 0 Å². The Kier molecular flexibility index (Phi) is 6.97. The second-order valence-electron chi connectivity index (χ2n) is 6.72. The maximum Gasteiger partial charge on any atom is 0.416 e. The lowest BCUT2D eigenvalue weighted by molar-refractivity contribution is -0.138. The van der Waals surface area contributed by atoms with E-state index in [0.29, 0.717) is 29.2 Å². The third kappa shape index (κ3) is 6.64. The van der Waals surface area contributed by atoms with Gasteiger partial charge in [-0.25, -0.2) is 0 Å². The Hall–Kier alpha value is -3.74. The van der Waals surface area contributed by atoms with Crippen LogP contribution in [-0.4, -0.2) is 17.6 Å². The lowest BCUT2D eigenvalue weighted by atomic mass is 10.1. The number of halogens is 3. The molecule has 0 amide bonds. The zero-order valence-electron chi connectivity index (χ0n) is 16.4. The molecule has 4 nitrogen and oxygen atoms in total. The van der Waals surface area contributed by atoms with Crippen LogP contribution in [0.5, 0.6) is 11.5 Å². The van der Waals surface area contributed by atoms with E-state index in [0.717, 1.165) is 17.8 Å². The van der Waals surface area contributed by atoms with Crippen molar-refractivity contribution in [2.24, 2.45) is 0 Å². The number of ether oxygens (including phenoxy) is 1. The zero-order valence-corrected chi connectivity index (χ0v) is 16.4. The largest absolute Gasteiger partial charge is 0.481 e. The molecule has 0 unspecified atom stereocenters. The van der Waals surface area contributed by atoms with Gasteiger partial charge in [0.25, 0.3) is 0 Å². The van der Waals surface area contributed by atoms with Crippen LogP contribution in [0.1, 0.15) is 16.7 Å². The molecule has 0 atom stereocenters. The lowest BCUT2D eigenvalue weighted by Gasteiger charge is -2.12. The molecule has 0 saturated carbocycles. The molecular weight excluding hydrogens is 407 g/mol. The summed E-state index contributed by atoms with van der Waals surface area (Å²) in [6.07, 6.45) is -0.911. The van der Waals surface area contributed by atoms with Crippen LogP contribution in [0.25, 0.3) is 6.08 Å². The van der Waals surface area contributed by atoms with Crippen molar-refractivity contribution in [3.8, 4) is 11.5 Å². The number of carbonyl (C=O) groups is 1. The van der Waals surface area contributed by atoms with Crippen LogP contribution >= 0.6 is 0 Å². The Morgan fingerprint density at radius 3 is 2.45 bits per heavy atom. The van der Waals surface area contributed by atoms with Crippen molar-refractivity contribution in [3.63, 3.8) is 0 Å². The molecule has 0 aliphatic carbocycles. The number of anilines is 1. The molecule has 0 heterocycles. The first-order valence-corrected chi connectivity index (χ1v) is 9.46. The van der Waals surface area contributed by atoms with Crippen molar-refractivity contribution in [2.75, 3.05) is 11.9 Å². The van der Waals surface area contributed by atoms with Gasteiger partial charge in [0.15, 0.2) is 5.75 Å². The molecule has 3 aromatic rings. The molecule has 0 radical (unpaired) electrons. The molecule has 0 fully saturated rings. The molecule has 2 N–H and O–H groups in total. The number of benzene rings is 3. The highest BCUT2D eigenvalue weighted by atomic mass is 19.4. The first kappa shape index (κ1) is 22.0. The molecule has 31 heavy (non-hydrogen) atoms. The number of carboxylic acid groups (broad SMARTS) is 1. The summed E-state index contributed by atoms with van der Waals surface area (Å²) in [7, 11) is 0. The Bertz CT molecular complexity index is 1060. The molecule has 3 rings (SSSR count). The van der Waals surface area contributed by atoms with Crippen molar-refractivity contribution in [2.45, 2.75) is 12.6 Å². The first-order chi connectivity index (χ1) is 14.8. The van der Waals surface area contributed by atoms with Gasteiger partial charge in [0.1, 0.15) is 5.75 Å². The quantitative estimate of drug-likeness (QED) is 0.446. The average molecular weight is 427 g/mol. The summed E-state index contributed by atoms with van der Waals surface area (Å²) >= 11 is 0. The van der Waals surface area contributed by atoms with Crippen LogP contribution in [-0.2, 0) is 17.4 Å². The summed E-state index contributed by atoms with van der Waals surface area (Å²) in [5.41, 5.74) is 1.34. The van der Waals surface area contributed by atoms with Crippen LogP contribution in [0.4, 0.5) is 18.9 Å². The monoisotopic (exact) mass is 427 g/mol. The van der Waals surface area contributed by atoms with Crippen LogP contribution in [0.15, 0.2) is 78.9 Å². The van der Waals surface area contributed by atoms with Gasteiger partial charge < -0.3 is 15.2 Å². The number of para-hydroxylation sites is 2. The lowest BCUT2D eigenvalue weighted by Crippen LogP contribution is -2.04. The number of carboxylic acids is 1. The van der Waals surface area contributed by atoms with Gasteiger partial charge in [-0.1, -0.05) is 48.6 Å². The first-order valence-electron chi connectivity index (χ1n) is 9.46. The zero-order chi connectivity index (χ0) is 22.3. The van der Waals surface area contributed by atoms with Gasteiger partial charge in [0.05, 0.1) is 17.7 Å². The predicted octanol–water partition coefficient (Wildman–Crippen LogP) is 6.25. The summed E-state index contributed by atoms with van der Waals surface area (Å²) in [6, 6.07) is 19.1. The molecule has 0 aromatic heterocycles. The SMILES string of the molecule is O=C(O)Cc1cccc(Oc2ccccc2NCC=Cc2ccc(C(F)(F)F)cc2)c1.